The highest BCUT2D eigenvalue weighted by molar-refractivity contribution is 6.08. The quantitative estimate of drug-likeness (QED) is 0.549. The van der Waals surface area contributed by atoms with Crippen LogP contribution in [0.1, 0.15) is 21.5 Å². The van der Waals surface area contributed by atoms with Gasteiger partial charge in [-0.25, -0.2) is 4.39 Å². The molecule has 4 nitrogen and oxygen atoms in total. The van der Waals surface area contributed by atoms with Gasteiger partial charge in [0.1, 0.15) is 12.4 Å². The van der Waals surface area contributed by atoms with Crippen molar-refractivity contribution in [1.29, 1.82) is 0 Å². The summed E-state index contributed by atoms with van der Waals surface area (Å²) in [4.78, 5) is 17.0. The summed E-state index contributed by atoms with van der Waals surface area (Å²) in [6.07, 6.45) is 1.97. The topological polar surface area (TPSA) is 64.7 Å². The van der Waals surface area contributed by atoms with E-state index in [1.165, 1.54) is 12.1 Å². The van der Waals surface area contributed by atoms with Gasteiger partial charge in [0.25, 0.3) is 0 Å². The van der Waals surface area contributed by atoms with Crippen molar-refractivity contribution < 1.29 is 14.0 Å². The van der Waals surface area contributed by atoms with Crippen LogP contribution in [0.3, 0.4) is 0 Å². The number of amides is 1. The first-order valence-electron chi connectivity index (χ1n) is 7.84. The highest BCUT2D eigenvalue weighted by atomic mass is 19.1. The Hall–Kier alpha value is -3.21. The summed E-state index contributed by atoms with van der Waals surface area (Å²) in [6.45, 7) is 0.175. The molecule has 0 spiro atoms. The normalized spacial score (nSPS) is 11.1. The van der Waals surface area contributed by atoms with Crippen LogP contribution in [0.15, 0.2) is 65.8 Å². The minimum absolute atomic E-state index is 0.175. The zero-order valence-electron chi connectivity index (χ0n) is 13.5. The lowest BCUT2D eigenvalue weighted by Gasteiger charge is -2.08. The van der Waals surface area contributed by atoms with Gasteiger partial charge in [-0.1, -0.05) is 53.7 Å². The third-order valence-corrected chi connectivity index (χ3v) is 3.84. The molecular formula is C20H17FN2O2. The Morgan fingerprint density at radius 3 is 2.76 bits per heavy atom. The third kappa shape index (κ3) is 4.01. The summed E-state index contributed by atoms with van der Waals surface area (Å²) < 4.78 is 13.1. The van der Waals surface area contributed by atoms with Crippen LogP contribution >= 0.6 is 0 Å². The molecule has 0 heterocycles. The van der Waals surface area contributed by atoms with E-state index in [1.807, 2.05) is 36.4 Å². The fourth-order valence-corrected chi connectivity index (χ4v) is 2.70. The number of carbonyl (C=O) groups excluding carboxylic acids is 1. The number of fused-ring (bicyclic) bond motifs is 1. The van der Waals surface area contributed by atoms with Crippen molar-refractivity contribution in [2.75, 3.05) is 0 Å². The molecule has 0 fully saturated rings. The first-order chi connectivity index (χ1) is 12.1. The van der Waals surface area contributed by atoms with Gasteiger partial charge < -0.3 is 10.6 Å². The summed E-state index contributed by atoms with van der Waals surface area (Å²) in [5.74, 6) is -0.784. The smallest absolute Gasteiger partial charge is 0.249 e. The second-order valence-electron chi connectivity index (χ2n) is 5.58. The zero-order valence-corrected chi connectivity index (χ0v) is 13.5. The molecule has 0 aliphatic rings. The van der Waals surface area contributed by atoms with Crippen molar-refractivity contribution in [2.45, 2.75) is 13.0 Å². The minimum Gasteiger partial charge on any atom is -0.391 e. The van der Waals surface area contributed by atoms with E-state index >= 15 is 0 Å². The average Bonchev–Trinajstić information content (AvgIpc) is 2.61. The molecule has 3 rings (SSSR count). The van der Waals surface area contributed by atoms with Crippen molar-refractivity contribution in [3.8, 4) is 0 Å². The summed E-state index contributed by atoms with van der Waals surface area (Å²) in [5.41, 5.74) is 7.52. The molecule has 25 heavy (non-hydrogen) atoms. The Morgan fingerprint density at radius 2 is 1.96 bits per heavy atom. The molecule has 3 aromatic carbocycles. The van der Waals surface area contributed by atoms with Gasteiger partial charge >= 0.3 is 0 Å². The molecule has 0 aromatic heterocycles. The Labute approximate surface area is 144 Å². The molecule has 0 atom stereocenters. The Bertz CT molecular complexity index is 938. The summed E-state index contributed by atoms with van der Waals surface area (Å²) >= 11 is 0. The van der Waals surface area contributed by atoms with Crippen LogP contribution in [-0.2, 0) is 17.9 Å². The molecule has 0 bridgehead atoms. The molecule has 0 aliphatic carbocycles. The Morgan fingerprint density at radius 1 is 1.12 bits per heavy atom. The standard InChI is InChI=1S/C20H17FN2O2/c21-17-6-3-4-14(12-17)13-25-23-11-10-16-9-8-15-5-1-2-7-18(15)19(16)20(22)24/h1-9,11-12H,10,13H2,(H2,22,24). The number of nitrogens with zero attached hydrogens (tertiary/aromatic N) is 1. The third-order valence-electron chi connectivity index (χ3n) is 3.84. The number of carbonyl (C=O) groups is 1. The maximum atomic E-state index is 13.1. The van der Waals surface area contributed by atoms with Crippen molar-refractivity contribution in [3.63, 3.8) is 0 Å². The number of nitrogens with two attached hydrogens (primary N) is 1. The van der Waals surface area contributed by atoms with Crippen LogP contribution in [0.4, 0.5) is 4.39 Å². The average molecular weight is 336 g/mol. The fourth-order valence-electron chi connectivity index (χ4n) is 2.70. The molecule has 126 valence electrons. The number of hydrogen-bond acceptors (Lipinski definition) is 3. The van der Waals surface area contributed by atoms with Gasteiger partial charge in [-0.2, -0.15) is 0 Å². The molecule has 3 aromatic rings. The lowest BCUT2D eigenvalue weighted by Crippen LogP contribution is -2.14. The van der Waals surface area contributed by atoms with Gasteiger partial charge in [-0.3, -0.25) is 4.79 Å². The molecule has 1 amide bonds. The molecule has 0 radical (unpaired) electrons. The van der Waals surface area contributed by atoms with Crippen LogP contribution in [0.2, 0.25) is 0 Å². The van der Waals surface area contributed by atoms with Crippen LogP contribution in [0.25, 0.3) is 10.8 Å². The van der Waals surface area contributed by atoms with Crippen molar-refractivity contribution in [1.82, 2.24) is 0 Å². The number of hydrogen-bond donors (Lipinski definition) is 1. The fraction of sp³-hybridized carbons (Fsp3) is 0.100. The Kier molecular flexibility index (Phi) is 5.04. The molecule has 0 aliphatic heterocycles. The largest absolute Gasteiger partial charge is 0.391 e. The molecule has 0 saturated heterocycles. The van der Waals surface area contributed by atoms with E-state index in [-0.39, 0.29) is 12.4 Å². The van der Waals surface area contributed by atoms with Crippen LogP contribution < -0.4 is 5.73 Å². The number of oxime groups is 1. The lowest BCUT2D eigenvalue weighted by molar-refractivity contribution is 0.100. The molecule has 0 unspecified atom stereocenters. The van der Waals surface area contributed by atoms with Crippen LogP contribution in [0, 0.1) is 5.82 Å². The highest BCUT2D eigenvalue weighted by Gasteiger charge is 2.11. The number of benzene rings is 3. The number of halogens is 1. The lowest BCUT2D eigenvalue weighted by atomic mass is 9.97. The SMILES string of the molecule is NC(=O)c1c(CC=NOCc2cccc(F)c2)ccc2ccccc12. The maximum Gasteiger partial charge on any atom is 0.249 e. The monoisotopic (exact) mass is 336 g/mol. The molecular weight excluding hydrogens is 319 g/mol. The summed E-state index contributed by atoms with van der Waals surface area (Å²) in [7, 11) is 0. The van der Waals surface area contributed by atoms with E-state index < -0.39 is 5.91 Å². The van der Waals surface area contributed by atoms with Crippen molar-refractivity contribution in [2.24, 2.45) is 10.9 Å². The van der Waals surface area contributed by atoms with E-state index in [1.54, 1.807) is 18.3 Å². The van der Waals surface area contributed by atoms with Gasteiger partial charge in [0.2, 0.25) is 5.91 Å². The van der Waals surface area contributed by atoms with Gasteiger partial charge in [-0.05, 0) is 34.0 Å². The highest BCUT2D eigenvalue weighted by Crippen LogP contribution is 2.22. The predicted molar refractivity (Wildman–Crippen MR) is 95.9 cm³/mol. The predicted octanol–water partition coefficient (Wildman–Crippen LogP) is 3.82. The first-order valence-corrected chi connectivity index (χ1v) is 7.84. The van der Waals surface area contributed by atoms with E-state index in [0.717, 1.165) is 16.3 Å². The molecule has 2 N–H and O–H groups in total. The van der Waals surface area contributed by atoms with Crippen molar-refractivity contribution >= 4 is 22.9 Å². The second kappa shape index (κ2) is 7.57. The minimum atomic E-state index is -0.471. The van der Waals surface area contributed by atoms with Gasteiger partial charge in [0.05, 0.1) is 5.56 Å². The Balaban J connectivity index is 1.70. The first kappa shape index (κ1) is 16.6. The zero-order chi connectivity index (χ0) is 17.6. The summed E-state index contributed by atoms with van der Waals surface area (Å²) in [6, 6.07) is 17.5. The molecule has 5 heteroatoms. The van der Waals surface area contributed by atoms with E-state index in [4.69, 9.17) is 10.6 Å². The number of rotatable bonds is 6. The maximum absolute atomic E-state index is 13.1. The molecule has 0 saturated carbocycles. The van der Waals surface area contributed by atoms with Gasteiger partial charge in [-0.15, -0.1) is 0 Å². The summed E-state index contributed by atoms with van der Waals surface area (Å²) in [5, 5.41) is 5.65. The second-order valence-corrected chi connectivity index (χ2v) is 5.58. The van der Waals surface area contributed by atoms with Gasteiger partial charge in [0.15, 0.2) is 0 Å². The van der Waals surface area contributed by atoms with Crippen LogP contribution in [0.5, 0.6) is 0 Å². The number of primary amides is 1. The van der Waals surface area contributed by atoms with E-state index in [9.17, 15) is 9.18 Å². The van der Waals surface area contributed by atoms with Crippen LogP contribution in [-0.4, -0.2) is 12.1 Å². The van der Waals surface area contributed by atoms with E-state index in [2.05, 4.69) is 5.16 Å². The van der Waals surface area contributed by atoms with E-state index in [0.29, 0.717) is 17.5 Å². The van der Waals surface area contributed by atoms with Crippen molar-refractivity contribution in [3.05, 3.63) is 83.2 Å². The van der Waals surface area contributed by atoms with Gasteiger partial charge in [0, 0.05) is 12.6 Å².